The molecule has 0 saturated carbocycles. The number of nitrogens with two attached hydrogens (primary N) is 1. The molecule has 2 nitrogen and oxygen atoms in total. The number of hydrogen-bond donors (Lipinski definition) is 1. The Hall–Kier alpha value is -1.38. The minimum Gasteiger partial charge on any atom is -0.324 e. The van der Waals surface area contributed by atoms with Crippen LogP contribution in [-0.4, -0.2) is 4.98 Å². The molecule has 1 aromatic heterocycles. The molecule has 16 heavy (non-hydrogen) atoms. The van der Waals surface area contributed by atoms with Crippen LogP contribution in [0.2, 0.25) is 0 Å². The fourth-order valence-corrected chi connectivity index (χ4v) is 1.56. The highest BCUT2D eigenvalue weighted by atomic mass is 35.5. The first-order valence-electron chi connectivity index (χ1n) is 5.06. The van der Waals surface area contributed by atoms with E-state index in [1.807, 2.05) is 48.5 Å². The Morgan fingerprint density at radius 2 is 1.69 bits per heavy atom. The van der Waals surface area contributed by atoms with E-state index < -0.39 is 0 Å². The van der Waals surface area contributed by atoms with E-state index in [1.54, 1.807) is 6.20 Å². The van der Waals surface area contributed by atoms with Crippen molar-refractivity contribution in [2.24, 2.45) is 5.73 Å². The van der Waals surface area contributed by atoms with Crippen LogP contribution in [0, 0.1) is 0 Å². The van der Waals surface area contributed by atoms with Gasteiger partial charge in [-0.1, -0.05) is 36.4 Å². The molecule has 1 atom stereocenters. The van der Waals surface area contributed by atoms with Crippen molar-refractivity contribution < 1.29 is 0 Å². The smallest absolute Gasteiger partial charge is 0.0422 e. The molecule has 0 aliphatic carbocycles. The van der Waals surface area contributed by atoms with Gasteiger partial charge in [0.1, 0.15) is 0 Å². The van der Waals surface area contributed by atoms with E-state index >= 15 is 0 Å². The lowest BCUT2D eigenvalue weighted by Gasteiger charge is -2.10. The number of hydrogen-bond acceptors (Lipinski definition) is 2. The second-order valence-corrected chi connectivity index (χ2v) is 3.54. The van der Waals surface area contributed by atoms with Crippen molar-refractivity contribution >= 4 is 12.4 Å². The molecular weight excluding hydrogens is 220 g/mol. The summed E-state index contributed by atoms with van der Waals surface area (Å²) in [5.41, 5.74) is 8.28. The van der Waals surface area contributed by atoms with Crippen LogP contribution in [0.4, 0.5) is 0 Å². The molecule has 2 aromatic rings. The first-order valence-corrected chi connectivity index (χ1v) is 5.06. The first-order chi connectivity index (χ1) is 7.36. The molecule has 0 unspecified atom stereocenters. The van der Waals surface area contributed by atoms with E-state index in [1.165, 1.54) is 0 Å². The van der Waals surface area contributed by atoms with E-state index in [4.69, 9.17) is 5.73 Å². The average Bonchev–Trinajstić information content (AvgIpc) is 2.31. The van der Waals surface area contributed by atoms with Gasteiger partial charge in [0.2, 0.25) is 0 Å². The van der Waals surface area contributed by atoms with Crippen molar-refractivity contribution in [3.63, 3.8) is 0 Å². The van der Waals surface area contributed by atoms with Gasteiger partial charge in [0.05, 0.1) is 0 Å². The highest BCUT2D eigenvalue weighted by Crippen LogP contribution is 2.13. The zero-order valence-corrected chi connectivity index (χ0v) is 9.73. The Kier molecular flexibility index (Phi) is 4.96. The van der Waals surface area contributed by atoms with Crippen molar-refractivity contribution in [3.8, 4) is 0 Å². The summed E-state index contributed by atoms with van der Waals surface area (Å²) >= 11 is 0. The van der Waals surface area contributed by atoms with E-state index in [2.05, 4.69) is 4.98 Å². The molecule has 3 heteroatoms. The fourth-order valence-electron chi connectivity index (χ4n) is 1.56. The number of aromatic nitrogens is 1. The van der Waals surface area contributed by atoms with Crippen LogP contribution in [0.1, 0.15) is 17.3 Å². The third kappa shape index (κ3) is 3.33. The minimum absolute atomic E-state index is 0. The average molecular weight is 235 g/mol. The lowest BCUT2D eigenvalue weighted by molar-refractivity contribution is 0.707. The molecule has 0 bridgehead atoms. The summed E-state index contributed by atoms with van der Waals surface area (Å²) in [4.78, 5) is 4.26. The molecule has 84 valence electrons. The Balaban J connectivity index is 0.00000128. The third-order valence-electron chi connectivity index (χ3n) is 2.38. The van der Waals surface area contributed by atoms with Gasteiger partial charge in [-0.3, -0.25) is 4.98 Å². The topological polar surface area (TPSA) is 38.9 Å². The number of halogens is 1. The summed E-state index contributed by atoms with van der Waals surface area (Å²) in [5.74, 6) is 0. The zero-order chi connectivity index (χ0) is 10.5. The molecule has 0 aliphatic heterocycles. The van der Waals surface area contributed by atoms with E-state index in [9.17, 15) is 0 Å². The van der Waals surface area contributed by atoms with E-state index in [-0.39, 0.29) is 18.4 Å². The van der Waals surface area contributed by atoms with Crippen LogP contribution in [0.5, 0.6) is 0 Å². The van der Waals surface area contributed by atoms with Gasteiger partial charge in [-0.15, -0.1) is 12.4 Å². The number of benzene rings is 1. The fraction of sp³-hybridized carbons (Fsp3) is 0.154. The molecule has 0 radical (unpaired) electrons. The summed E-state index contributed by atoms with van der Waals surface area (Å²) in [6.07, 6.45) is 2.58. The van der Waals surface area contributed by atoms with Crippen LogP contribution < -0.4 is 5.73 Å². The van der Waals surface area contributed by atoms with Gasteiger partial charge < -0.3 is 5.73 Å². The van der Waals surface area contributed by atoms with Crippen molar-refractivity contribution in [1.82, 2.24) is 4.98 Å². The number of rotatable bonds is 3. The van der Waals surface area contributed by atoms with Crippen LogP contribution in [-0.2, 0) is 6.42 Å². The molecule has 0 aliphatic rings. The lowest BCUT2D eigenvalue weighted by Crippen LogP contribution is -2.13. The molecule has 0 fully saturated rings. The maximum atomic E-state index is 6.09. The predicted molar refractivity (Wildman–Crippen MR) is 68.6 cm³/mol. The number of nitrogens with zero attached hydrogens (tertiary/aromatic N) is 1. The van der Waals surface area contributed by atoms with Crippen LogP contribution in [0.3, 0.4) is 0 Å². The molecule has 1 aromatic carbocycles. The third-order valence-corrected chi connectivity index (χ3v) is 2.38. The SMILES string of the molecule is Cl.N[C@@H](Cc1ccccn1)c1ccccc1. The monoisotopic (exact) mass is 234 g/mol. The molecule has 0 amide bonds. The molecule has 1 heterocycles. The summed E-state index contributed by atoms with van der Waals surface area (Å²) < 4.78 is 0. The van der Waals surface area contributed by atoms with Crippen molar-refractivity contribution in [2.75, 3.05) is 0 Å². The minimum atomic E-state index is 0. The molecule has 2 rings (SSSR count). The van der Waals surface area contributed by atoms with Crippen molar-refractivity contribution in [1.29, 1.82) is 0 Å². The summed E-state index contributed by atoms with van der Waals surface area (Å²) in [6.45, 7) is 0. The quantitative estimate of drug-likeness (QED) is 0.887. The van der Waals surface area contributed by atoms with Gasteiger partial charge in [-0.05, 0) is 17.7 Å². The lowest BCUT2D eigenvalue weighted by atomic mass is 10.0. The van der Waals surface area contributed by atoms with Crippen molar-refractivity contribution in [2.45, 2.75) is 12.5 Å². The van der Waals surface area contributed by atoms with Gasteiger partial charge in [0.15, 0.2) is 0 Å². The predicted octanol–water partition coefficient (Wildman–Crippen LogP) is 2.75. The summed E-state index contributed by atoms with van der Waals surface area (Å²) in [6, 6.07) is 16.0. The molecule has 2 N–H and O–H groups in total. The van der Waals surface area contributed by atoms with Gasteiger partial charge in [0, 0.05) is 24.4 Å². The van der Waals surface area contributed by atoms with Crippen molar-refractivity contribution in [3.05, 3.63) is 66.0 Å². The van der Waals surface area contributed by atoms with E-state index in [0.717, 1.165) is 17.7 Å². The Morgan fingerprint density at radius 1 is 1.00 bits per heavy atom. The molecule has 0 spiro atoms. The second-order valence-electron chi connectivity index (χ2n) is 3.54. The molecular formula is C13H15ClN2. The van der Waals surface area contributed by atoms with Gasteiger partial charge in [0.25, 0.3) is 0 Å². The maximum absolute atomic E-state index is 6.09. The maximum Gasteiger partial charge on any atom is 0.0422 e. The highest BCUT2D eigenvalue weighted by molar-refractivity contribution is 5.85. The summed E-state index contributed by atoms with van der Waals surface area (Å²) in [5, 5.41) is 0. The van der Waals surface area contributed by atoms with Gasteiger partial charge >= 0.3 is 0 Å². The highest BCUT2D eigenvalue weighted by Gasteiger charge is 2.06. The van der Waals surface area contributed by atoms with Gasteiger partial charge in [-0.2, -0.15) is 0 Å². The standard InChI is InChI=1S/C13H14N2.ClH/c14-13(11-6-2-1-3-7-11)10-12-8-4-5-9-15-12;/h1-9,13H,10,14H2;1H/t13-;/m0./s1. The number of pyridine rings is 1. The summed E-state index contributed by atoms with van der Waals surface area (Å²) in [7, 11) is 0. The normalized spacial score (nSPS) is 11.6. The zero-order valence-electron chi connectivity index (χ0n) is 8.91. The van der Waals surface area contributed by atoms with Crippen LogP contribution >= 0.6 is 12.4 Å². The Labute approximate surface area is 102 Å². The van der Waals surface area contributed by atoms with Crippen LogP contribution in [0.25, 0.3) is 0 Å². The second kappa shape index (κ2) is 6.26. The Bertz CT molecular complexity index is 403. The van der Waals surface area contributed by atoms with Gasteiger partial charge in [-0.25, -0.2) is 0 Å². The van der Waals surface area contributed by atoms with E-state index in [0.29, 0.717) is 0 Å². The first kappa shape index (κ1) is 12.7. The van der Waals surface area contributed by atoms with Crippen LogP contribution in [0.15, 0.2) is 54.7 Å². The Morgan fingerprint density at radius 3 is 2.31 bits per heavy atom. The molecule has 0 saturated heterocycles. The largest absolute Gasteiger partial charge is 0.324 e.